The van der Waals surface area contributed by atoms with Gasteiger partial charge in [0.15, 0.2) is 0 Å². The molecule has 0 radical (unpaired) electrons. The summed E-state index contributed by atoms with van der Waals surface area (Å²) in [7, 11) is 1.55. The van der Waals surface area contributed by atoms with Crippen LogP contribution in [0.15, 0.2) is 77.2 Å². The highest BCUT2D eigenvalue weighted by atomic mass is 16.5. The number of ether oxygens (including phenoxy) is 1. The molecule has 0 aliphatic rings. The molecule has 134 valence electrons. The summed E-state index contributed by atoms with van der Waals surface area (Å²) in [6, 6.07) is 23.5. The molecule has 0 aliphatic carbocycles. The molecule has 0 fully saturated rings. The summed E-state index contributed by atoms with van der Waals surface area (Å²) in [5.41, 5.74) is 4.20. The van der Waals surface area contributed by atoms with Crippen molar-refractivity contribution in [3.05, 3.63) is 78.4 Å². The first-order valence-electron chi connectivity index (χ1n) is 8.63. The van der Waals surface area contributed by atoms with E-state index in [-0.39, 0.29) is 6.42 Å². The molecule has 0 saturated carbocycles. The zero-order valence-electron chi connectivity index (χ0n) is 14.8. The summed E-state index contributed by atoms with van der Waals surface area (Å²) < 4.78 is 11.7. The lowest BCUT2D eigenvalue weighted by Crippen LogP contribution is -2.02. The molecule has 1 aromatic heterocycles. The summed E-state index contributed by atoms with van der Waals surface area (Å²) in [6.07, 6.45) is -0.124. The maximum atomic E-state index is 11.2. The van der Waals surface area contributed by atoms with Gasteiger partial charge in [-0.25, -0.2) is 0 Å². The van der Waals surface area contributed by atoms with Crippen LogP contribution < -0.4 is 4.74 Å². The van der Waals surface area contributed by atoms with Gasteiger partial charge in [-0.1, -0.05) is 60.7 Å². The number of benzene rings is 3. The van der Waals surface area contributed by atoms with E-state index >= 15 is 0 Å². The van der Waals surface area contributed by atoms with E-state index < -0.39 is 5.97 Å². The SMILES string of the molecule is COc1cc2c(-c3ccccc3)c(-c3ccccc3)oc2cc1CC(=O)O. The summed E-state index contributed by atoms with van der Waals surface area (Å²) in [4.78, 5) is 11.2. The molecule has 0 unspecified atom stereocenters. The molecule has 0 aliphatic heterocycles. The van der Waals surface area contributed by atoms with Crippen LogP contribution in [0.3, 0.4) is 0 Å². The molecule has 0 spiro atoms. The minimum absolute atomic E-state index is 0.124. The van der Waals surface area contributed by atoms with Crippen molar-refractivity contribution >= 4 is 16.9 Å². The molecule has 0 amide bonds. The second-order valence-corrected chi connectivity index (χ2v) is 6.27. The maximum absolute atomic E-state index is 11.2. The predicted molar refractivity (Wildman–Crippen MR) is 105 cm³/mol. The van der Waals surface area contributed by atoms with Gasteiger partial charge in [0.25, 0.3) is 0 Å². The Morgan fingerprint density at radius 2 is 1.59 bits per heavy atom. The van der Waals surface area contributed by atoms with Crippen LogP contribution in [0.4, 0.5) is 0 Å². The molecule has 27 heavy (non-hydrogen) atoms. The first kappa shape index (κ1) is 16.9. The summed E-state index contributed by atoms with van der Waals surface area (Å²) in [6.45, 7) is 0. The van der Waals surface area contributed by atoms with Gasteiger partial charge in [-0.2, -0.15) is 0 Å². The van der Waals surface area contributed by atoms with E-state index in [2.05, 4.69) is 0 Å². The Morgan fingerprint density at radius 3 is 2.19 bits per heavy atom. The number of carbonyl (C=O) groups is 1. The fourth-order valence-corrected chi connectivity index (χ4v) is 3.34. The van der Waals surface area contributed by atoms with Crippen LogP contribution in [0.5, 0.6) is 5.75 Å². The molecule has 4 nitrogen and oxygen atoms in total. The molecule has 3 aromatic carbocycles. The van der Waals surface area contributed by atoms with E-state index in [0.29, 0.717) is 16.9 Å². The van der Waals surface area contributed by atoms with Gasteiger partial charge in [0, 0.05) is 22.1 Å². The maximum Gasteiger partial charge on any atom is 0.307 e. The lowest BCUT2D eigenvalue weighted by molar-refractivity contribution is -0.136. The lowest BCUT2D eigenvalue weighted by atomic mass is 9.97. The molecule has 0 saturated heterocycles. The summed E-state index contributed by atoms with van der Waals surface area (Å²) in [5, 5.41) is 10.1. The van der Waals surface area contributed by atoms with E-state index in [0.717, 1.165) is 27.8 Å². The highest BCUT2D eigenvalue weighted by Gasteiger charge is 2.20. The van der Waals surface area contributed by atoms with E-state index in [1.165, 1.54) is 0 Å². The normalized spacial score (nSPS) is 10.9. The van der Waals surface area contributed by atoms with Gasteiger partial charge in [0.05, 0.1) is 13.5 Å². The van der Waals surface area contributed by atoms with Crippen LogP contribution in [-0.2, 0) is 11.2 Å². The standard InChI is InChI=1S/C23H18O4/c1-26-19-14-18-20(12-17(19)13-21(24)25)27-23(16-10-6-3-7-11-16)22(18)15-8-4-2-5-9-15/h2-12,14H,13H2,1H3,(H,24,25). The Balaban J connectivity index is 2.03. The molecular formula is C23H18O4. The first-order chi connectivity index (χ1) is 13.2. The van der Waals surface area contributed by atoms with Crippen molar-refractivity contribution in [1.82, 2.24) is 0 Å². The number of aliphatic carboxylic acids is 1. The predicted octanol–water partition coefficient (Wildman–Crippen LogP) is 5.40. The lowest BCUT2D eigenvalue weighted by Gasteiger charge is -2.07. The van der Waals surface area contributed by atoms with Crippen molar-refractivity contribution in [2.75, 3.05) is 7.11 Å². The second kappa shape index (κ2) is 7.00. The Hall–Kier alpha value is -3.53. The number of rotatable bonds is 5. The number of hydrogen-bond donors (Lipinski definition) is 1. The number of fused-ring (bicyclic) bond motifs is 1. The van der Waals surface area contributed by atoms with E-state index in [9.17, 15) is 9.90 Å². The van der Waals surface area contributed by atoms with Crippen LogP contribution in [0.1, 0.15) is 5.56 Å². The Labute approximate surface area is 156 Å². The van der Waals surface area contributed by atoms with Gasteiger partial charge in [-0.15, -0.1) is 0 Å². The van der Waals surface area contributed by atoms with Gasteiger partial charge < -0.3 is 14.3 Å². The monoisotopic (exact) mass is 358 g/mol. The van der Waals surface area contributed by atoms with E-state index in [4.69, 9.17) is 9.15 Å². The van der Waals surface area contributed by atoms with Crippen LogP contribution in [0, 0.1) is 0 Å². The molecule has 4 aromatic rings. The largest absolute Gasteiger partial charge is 0.496 e. The van der Waals surface area contributed by atoms with Gasteiger partial charge in [0.2, 0.25) is 0 Å². The van der Waals surface area contributed by atoms with Crippen molar-refractivity contribution in [3.63, 3.8) is 0 Å². The van der Waals surface area contributed by atoms with Crippen LogP contribution >= 0.6 is 0 Å². The van der Waals surface area contributed by atoms with Crippen LogP contribution in [0.25, 0.3) is 33.4 Å². The quantitative estimate of drug-likeness (QED) is 0.519. The molecule has 4 heteroatoms. The van der Waals surface area contributed by atoms with Crippen LogP contribution in [0.2, 0.25) is 0 Å². The third kappa shape index (κ3) is 3.17. The van der Waals surface area contributed by atoms with E-state index in [1.807, 2.05) is 66.7 Å². The third-order valence-electron chi connectivity index (χ3n) is 4.53. The Morgan fingerprint density at radius 1 is 0.963 bits per heavy atom. The van der Waals surface area contributed by atoms with Crippen molar-refractivity contribution < 1.29 is 19.1 Å². The Bertz CT molecular complexity index is 1100. The van der Waals surface area contributed by atoms with Crippen molar-refractivity contribution in [3.8, 4) is 28.2 Å². The average Bonchev–Trinajstić information content (AvgIpc) is 3.06. The fourth-order valence-electron chi connectivity index (χ4n) is 3.34. The first-order valence-corrected chi connectivity index (χ1v) is 8.63. The molecule has 1 N–H and O–H groups in total. The smallest absolute Gasteiger partial charge is 0.307 e. The van der Waals surface area contributed by atoms with Crippen LogP contribution in [-0.4, -0.2) is 18.2 Å². The average molecular weight is 358 g/mol. The van der Waals surface area contributed by atoms with Gasteiger partial charge in [-0.05, 0) is 17.7 Å². The summed E-state index contributed by atoms with van der Waals surface area (Å²) >= 11 is 0. The highest BCUT2D eigenvalue weighted by Crippen LogP contribution is 2.42. The highest BCUT2D eigenvalue weighted by molar-refractivity contribution is 6.02. The zero-order chi connectivity index (χ0) is 18.8. The third-order valence-corrected chi connectivity index (χ3v) is 4.53. The zero-order valence-corrected chi connectivity index (χ0v) is 14.8. The molecular weight excluding hydrogens is 340 g/mol. The van der Waals surface area contributed by atoms with Crippen molar-refractivity contribution in [2.24, 2.45) is 0 Å². The molecule has 0 atom stereocenters. The number of carboxylic acids is 1. The number of hydrogen-bond acceptors (Lipinski definition) is 3. The van der Waals surface area contributed by atoms with Crippen molar-refractivity contribution in [1.29, 1.82) is 0 Å². The molecule has 1 heterocycles. The van der Waals surface area contributed by atoms with Gasteiger partial charge >= 0.3 is 5.97 Å². The Kier molecular flexibility index (Phi) is 4.38. The molecule has 0 bridgehead atoms. The minimum Gasteiger partial charge on any atom is -0.496 e. The topological polar surface area (TPSA) is 59.7 Å². The number of furan rings is 1. The van der Waals surface area contributed by atoms with Gasteiger partial charge in [-0.3, -0.25) is 4.79 Å². The summed E-state index contributed by atoms with van der Waals surface area (Å²) in [5.74, 6) is 0.389. The van der Waals surface area contributed by atoms with E-state index in [1.54, 1.807) is 13.2 Å². The number of carboxylic acid groups (broad SMARTS) is 1. The molecule has 4 rings (SSSR count). The number of methoxy groups -OCH3 is 1. The van der Waals surface area contributed by atoms with Crippen molar-refractivity contribution in [2.45, 2.75) is 6.42 Å². The fraction of sp³-hybridized carbons (Fsp3) is 0.0870. The second-order valence-electron chi connectivity index (χ2n) is 6.27. The minimum atomic E-state index is -0.911. The van der Waals surface area contributed by atoms with Gasteiger partial charge in [0.1, 0.15) is 17.1 Å².